The lowest BCUT2D eigenvalue weighted by atomic mass is 10.3. The standard InChI is InChI=1S/C11H14N4O2S/c1-8(16)14-9-3-5-18-10(9)6-12-4-2-11-13-7-17-15-11/h3,5,7,12H,2,4,6H2,1H3,(H,14,16). The number of hydrogen-bond donors (Lipinski definition) is 2. The Balaban J connectivity index is 1.76. The van der Waals surface area contributed by atoms with Gasteiger partial charge in [-0.2, -0.15) is 4.98 Å². The Morgan fingerprint density at radius 2 is 2.44 bits per heavy atom. The maximum Gasteiger partial charge on any atom is 0.221 e. The van der Waals surface area contributed by atoms with Gasteiger partial charge in [-0.3, -0.25) is 4.79 Å². The van der Waals surface area contributed by atoms with Crippen LogP contribution in [-0.4, -0.2) is 22.6 Å². The van der Waals surface area contributed by atoms with Crippen LogP contribution >= 0.6 is 11.3 Å². The van der Waals surface area contributed by atoms with Crippen LogP contribution in [0, 0.1) is 0 Å². The molecule has 0 unspecified atom stereocenters. The smallest absolute Gasteiger partial charge is 0.221 e. The molecule has 0 radical (unpaired) electrons. The first kappa shape index (κ1) is 12.7. The molecule has 0 saturated carbocycles. The second-order valence-corrected chi connectivity index (χ2v) is 4.71. The van der Waals surface area contributed by atoms with Crippen LogP contribution in [0.3, 0.4) is 0 Å². The Bertz CT molecular complexity index is 495. The Morgan fingerprint density at radius 3 is 3.17 bits per heavy atom. The van der Waals surface area contributed by atoms with Crippen LogP contribution in [0.5, 0.6) is 0 Å². The average Bonchev–Trinajstić information content (AvgIpc) is 2.95. The molecule has 2 N–H and O–H groups in total. The van der Waals surface area contributed by atoms with Gasteiger partial charge < -0.3 is 15.2 Å². The summed E-state index contributed by atoms with van der Waals surface area (Å²) >= 11 is 1.61. The molecule has 0 fully saturated rings. The normalized spacial score (nSPS) is 10.5. The van der Waals surface area contributed by atoms with Gasteiger partial charge in [-0.05, 0) is 11.4 Å². The minimum Gasteiger partial charge on any atom is -0.343 e. The average molecular weight is 266 g/mol. The summed E-state index contributed by atoms with van der Waals surface area (Å²) in [5.41, 5.74) is 0.875. The van der Waals surface area contributed by atoms with Crippen molar-refractivity contribution in [1.82, 2.24) is 15.5 Å². The van der Waals surface area contributed by atoms with E-state index in [9.17, 15) is 4.79 Å². The number of anilines is 1. The van der Waals surface area contributed by atoms with Gasteiger partial charge in [0, 0.05) is 31.3 Å². The van der Waals surface area contributed by atoms with E-state index in [-0.39, 0.29) is 5.91 Å². The number of aromatic nitrogens is 2. The highest BCUT2D eigenvalue weighted by molar-refractivity contribution is 7.10. The number of hydrogen-bond acceptors (Lipinski definition) is 6. The van der Waals surface area contributed by atoms with Gasteiger partial charge in [0.25, 0.3) is 0 Å². The molecular weight excluding hydrogens is 252 g/mol. The molecule has 0 aliphatic carbocycles. The zero-order chi connectivity index (χ0) is 12.8. The van der Waals surface area contributed by atoms with Gasteiger partial charge in [0.1, 0.15) is 0 Å². The third-order valence-corrected chi connectivity index (χ3v) is 3.19. The van der Waals surface area contributed by atoms with Crippen LogP contribution in [0.2, 0.25) is 0 Å². The summed E-state index contributed by atoms with van der Waals surface area (Å²) in [5.74, 6) is 0.636. The SMILES string of the molecule is CC(=O)Nc1ccsc1CNCCc1ncon1. The van der Waals surface area contributed by atoms with Crippen LogP contribution in [-0.2, 0) is 17.8 Å². The van der Waals surface area contributed by atoms with Crippen molar-refractivity contribution in [2.75, 3.05) is 11.9 Å². The van der Waals surface area contributed by atoms with Gasteiger partial charge in [0.15, 0.2) is 5.82 Å². The van der Waals surface area contributed by atoms with Crippen LogP contribution in [0.4, 0.5) is 5.69 Å². The second kappa shape index (κ2) is 6.27. The van der Waals surface area contributed by atoms with Crippen molar-refractivity contribution in [2.45, 2.75) is 19.9 Å². The number of thiophene rings is 1. The van der Waals surface area contributed by atoms with E-state index < -0.39 is 0 Å². The summed E-state index contributed by atoms with van der Waals surface area (Å²) in [6.45, 7) is 2.98. The zero-order valence-corrected chi connectivity index (χ0v) is 10.8. The number of nitrogens with zero attached hydrogens (tertiary/aromatic N) is 2. The molecule has 0 atom stereocenters. The maximum absolute atomic E-state index is 11.0. The number of carbonyl (C=O) groups excluding carboxylic acids is 1. The van der Waals surface area contributed by atoms with Gasteiger partial charge in [-0.1, -0.05) is 5.16 Å². The fourth-order valence-corrected chi connectivity index (χ4v) is 2.28. The Labute approximate surface area is 108 Å². The van der Waals surface area contributed by atoms with Gasteiger partial charge in [-0.25, -0.2) is 0 Å². The second-order valence-electron chi connectivity index (χ2n) is 3.71. The zero-order valence-electron chi connectivity index (χ0n) is 9.97. The summed E-state index contributed by atoms with van der Waals surface area (Å²) in [6.07, 6.45) is 2.04. The summed E-state index contributed by atoms with van der Waals surface area (Å²) in [4.78, 5) is 16.0. The van der Waals surface area contributed by atoms with Crippen molar-refractivity contribution in [3.63, 3.8) is 0 Å². The van der Waals surface area contributed by atoms with Crippen LogP contribution in [0.1, 0.15) is 17.6 Å². The van der Waals surface area contributed by atoms with E-state index in [1.165, 1.54) is 13.3 Å². The van der Waals surface area contributed by atoms with Crippen molar-refractivity contribution in [1.29, 1.82) is 0 Å². The van der Waals surface area contributed by atoms with E-state index in [1.807, 2.05) is 11.4 Å². The topological polar surface area (TPSA) is 80.0 Å². The lowest BCUT2D eigenvalue weighted by molar-refractivity contribution is -0.114. The highest BCUT2D eigenvalue weighted by Gasteiger charge is 2.05. The Hall–Kier alpha value is -1.73. The highest BCUT2D eigenvalue weighted by Crippen LogP contribution is 2.21. The summed E-state index contributed by atoms with van der Waals surface area (Å²) < 4.78 is 4.65. The predicted octanol–water partition coefficient (Wildman–Crippen LogP) is 1.42. The lowest BCUT2D eigenvalue weighted by Gasteiger charge is -2.05. The molecule has 0 aromatic carbocycles. The molecule has 0 spiro atoms. The number of nitrogens with one attached hydrogen (secondary N) is 2. The molecule has 18 heavy (non-hydrogen) atoms. The first-order valence-corrected chi connectivity index (χ1v) is 6.43. The minimum absolute atomic E-state index is 0.0542. The number of carbonyl (C=O) groups is 1. The number of rotatable bonds is 6. The summed E-state index contributed by atoms with van der Waals surface area (Å²) in [7, 11) is 0. The van der Waals surface area contributed by atoms with Gasteiger partial charge in [0.2, 0.25) is 12.3 Å². The minimum atomic E-state index is -0.0542. The van der Waals surface area contributed by atoms with Gasteiger partial charge in [-0.15, -0.1) is 11.3 Å². The molecule has 2 heterocycles. The van der Waals surface area contributed by atoms with Crippen molar-refractivity contribution in [3.05, 3.63) is 28.5 Å². The van der Waals surface area contributed by atoms with E-state index in [4.69, 9.17) is 0 Å². The Kier molecular flexibility index (Phi) is 4.43. The molecule has 0 saturated heterocycles. The lowest BCUT2D eigenvalue weighted by Crippen LogP contribution is -2.17. The largest absolute Gasteiger partial charge is 0.343 e. The van der Waals surface area contributed by atoms with Gasteiger partial charge >= 0.3 is 0 Å². The van der Waals surface area contributed by atoms with Crippen LogP contribution < -0.4 is 10.6 Å². The van der Waals surface area contributed by atoms with Crippen LogP contribution in [0.25, 0.3) is 0 Å². The Morgan fingerprint density at radius 1 is 1.56 bits per heavy atom. The summed E-state index contributed by atoms with van der Waals surface area (Å²) in [5, 5.41) is 11.8. The van der Waals surface area contributed by atoms with E-state index in [1.54, 1.807) is 11.3 Å². The molecular formula is C11H14N4O2S. The first-order chi connectivity index (χ1) is 8.75. The molecule has 0 bridgehead atoms. The first-order valence-electron chi connectivity index (χ1n) is 5.55. The predicted molar refractivity (Wildman–Crippen MR) is 68.3 cm³/mol. The van der Waals surface area contributed by atoms with Crippen molar-refractivity contribution in [3.8, 4) is 0 Å². The monoisotopic (exact) mass is 266 g/mol. The quantitative estimate of drug-likeness (QED) is 0.773. The molecule has 6 nitrogen and oxygen atoms in total. The van der Waals surface area contributed by atoms with Crippen LogP contribution in [0.15, 0.2) is 22.4 Å². The molecule has 0 aliphatic heterocycles. The molecule has 2 rings (SSSR count). The molecule has 7 heteroatoms. The summed E-state index contributed by atoms with van der Waals surface area (Å²) in [6, 6.07) is 1.91. The molecule has 1 amide bonds. The van der Waals surface area contributed by atoms with Gasteiger partial charge in [0.05, 0.1) is 5.69 Å². The molecule has 0 aliphatic rings. The van der Waals surface area contributed by atoms with Crippen molar-refractivity contribution >= 4 is 22.9 Å². The van der Waals surface area contributed by atoms with E-state index in [2.05, 4.69) is 25.3 Å². The molecule has 2 aromatic heterocycles. The fraction of sp³-hybridized carbons (Fsp3) is 0.364. The highest BCUT2D eigenvalue weighted by atomic mass is 32.1. The molecule has 2 aromatic rings. The molecule has 96 valence electrons. The maximum atomic E-state index is 11.0. The van der Waals surface area contributed by atoms with E-state index in [0.29, 0.717) is 12.4 Å². The number of amides is 1. The van der Waals surface area contributed by atoms with E-state index in [0.717, 1.165) is 23.5 Å². The third kappa shape index (κ3) is 3.64. The van der Waals surface area contributed by atoms with E-state index >= 15 is 0 Å². The third-order valence-electron chi connectivity index (χ3n) is 2.27. The van der Waals surface area contributed by atoms with Crippen molar-refractivity contribution in [2.24, 2.45) is 0 Å². The fourth-order valence-electron chi connectivity index (χ4n) is 1.48. The van der Waals surface area contributed by atoms with Crippen molar-refractivity contribution < 1.29 is 9.32 Å².